The van der Waals surface area contributed by atoms with Crippen LogP contribution in [0.15, 0.2) is 65.2 Å². The van der Waals surface area contributed by atoms with Crippen molar-refractivity contribution in [2.24, 2.45) is 0 Å². The standard InChI is InChI=1S/C19H16N4OS/c1-13-8-9-17(25-13)18-22-23-19(24-18)21-12-14-5-4-6-15(11-14)16-7-2-3-10-20-16/h2-11H,12H2,1H3,(H,21,23). The summed E-state index contributed by atoms with van der Waals surface area (Å²) in [6.07, 6.45) is 1.80. The zero-order valence-electron chi connectivity index (χ0n) is 13.6. The maximum Gasteiger partial charge on any atom is 0.316 e. The second-order valence-electron chi connectivity index (χ2n) is 5.59. The van der Waals surface area contributed by atoms with Crippen LogP contribution in [0.5, 0.6) is 0 Å². The van der Waals surface area contributed by atoms with Gasteiger partial charge in [0.2, 0.25) is 0 Å². The number of hydrogen-bond acceptors (Lipinski definition) is 6. The fraction of sp³-hybridized carbons (Fsp3) is 0.105. The molecule has 3 aromatic heterocycles. The summed E-state index contributed by atoms with van der Waals surface area (Å²) >= 11 is 1.64. The lowest BCUT2D eigenvalue weighted by Crippen LogP contribution is -1.99. The number of hydrogen-bond donors (Lipinski definition) is 1. The van der Waals surface area contributed by atoms with Gasteiger partial charge in [-0.15, -0.1) is 16.4 Å². The molecular formula is C19H16N4OS. The molecule has 1 aromatic carbocycles. The van der Waals surface area contributed by atoms with E-state index in [4.69, 9.17) is 4.42 Å². The van der Waals surface area contributed by atoms with Crippen LogP contribution < -0.4 is 5.32 Å². The zero-order chi connectivity index (χ0) is 17.1. The topological polar surface area (TPSA) is 63.8 Å². The van der Waals surface area contributed by atoms with Crippen molar-refractivity contribution in [3.05, 3.63) is 71.2 Å². The predicted molar refractivity (Wildman–Crippen MR) is 99.3 cm³/mol. The Morgan fingerprint density at radius 2 is 2.00 bits per heavy atom. The van der Waals surface area contributed by atoms with Gasteiger partial charge >= 0.3 is 6.01 Å². The fourth-order valence-corrected chi connectivity index (χ4v) is 3.28. The van der Waals surface area contributed by atoms with Gasteiger partial charge in [-0.3, -0.25) is 4.98 Å². The number of thiophene rings is 1. The Morgan fingerprint density at radius 1 is 1.04 bits per heavy atom. The average molecular weight is 348 g/mol. The van der Waals surface area contributed by atoms with Gasteiger partial charge < -0.3 is 9.73 Å². The molecule has 4 aromatic rings. The first-order valence-corrected chi connectivity index (χ1v) is 8.74. The average Bonchev–Trinajstić information content (AvgIpc) is 3.30. The first kappa shape index (κ1) is 15.5. The highest BCUT2D eigenvalue weighted by Gasteiger charge is 2.10. The number of benzene rings is 1. The summed E-state index contributed by atoms with van der Waals surface area (Å²) in [4.78, 5) is 6.59. The predicted octanol–water partition coefficient (Wildman–Crippen LogP) is 4.78. The number of aromatic nitrogens is 3. The minimum Gasteiger partial charge on any atom is -0.403 e. The molecule has 4 rings (SSSR count). The van der Waals surface area contributed by atoms with Gasteiger partial charge in [0.15, 0.2) is 0 Å². The van der Waals surface area contributed by atoms with E-state index in [0.29, 0.717) is 18.5 Å². The van der Waals surface area contributed by atoms with Gasteiger partial charge in [-0.2, -0.15) is 0 Å². The SMILES string of the molecule is Cc1ccc(-c2nnc(NCc3cccc(-c4ccccn4)c3)o2)s1. The van der Waals surface area contributed by atoms with E-state index in [2.05, 4.69) is 45.6 Å². The summed E-state index contributed by atoms with van der Waals surface area (Å²) in [6.45, 7) is 2.66. The van der Waals surface area contributed by atoms with E-state index in [1.54, 1.807) is 17.5 Å². The minimum absolute atomic E-state index is 0.421. The smallest absolute Gasteiger partial charge is 0.316 e. The van der Waals surface area contributed by atoms with Crippen molar-refractivity contribution in [1.29, 1.82) is 0 Å². The highest BCUT2D eigenvalue weighted by molar-refractivity contribution is 7.15. The van der Waals surface area contributed by atoms with Gasteiger partial charge in [-0.05, 0) is 42.8 Å². The largest absolute Gasteiger partial charge is 0.403 e. The number of nitrogens with zero attached hydrogens (tertiary/aromatic N) is 3. The van der Waals surface area contributed by atoms with Crippen LogP contribution in [-0.4, -0.2) is 15.2 Å². The molecule has 25 heavy (non-hydrogen) atoms. The molecule has 0 saturated carbocycles. The van der Waals surface area contributed by atoms with Crippen molar-refractivity contribution >= 4 is 17.4 Å². The fourth-order valence-electron chi connectivity index (χ4n) is 2.50. The van der Waals surface area contributed by atoms with E-state index >= 15 is 0 Å². The Bertz CT molecular complexity index is 978. The molecule has 0 atom stereocenters. The van der Waals surface area contributed by atoms with Gasteiger partial charge in [-0.25, -0.2) is 0 Å². The van der Waals surface area contributed by atoms with Crippen LogP contribution in [-0.2, 0) is 6.54 Å². The Balaban J connectivity index is 1.46. The van der Waals surface area contributed by atoms with Crippen LogP contribution in [0.4, 0.5) is 6.01 Å². The van der Waals surface area contributed by atoms with Crippen LogP contribution in [0.3, 0.4) is 0 Å². The van der Waals surface area contributed by atoms with E-state index in [9.17, 15) is 0 Å². The summed E-state index contributed by atoms with van der Waals surface area (Å²) in [5.74, 6) is 0.544. The summed E-state index contributed by atoms with van der Waals surface area (Å²) < 4.78 is 5.68. The lowest BCUT2D eigenvalue weighted by atomic mass is 10.1. The molecule has 124 valence electrons. The second kappa shape index (κ2) is 6.86. The first-order valence-electron chi connectivity index (χ1n) is 7.92. The van der Waals surface area contributed by atoms with E-state index in [-0.39, 0.29) is 0 Å². The highest BCUT2D eigenvalue weighted by Crippen LogP contribution is 2.27. The molecule has 3 heterocycles. The van der Waals surface area contributed by atoms with Crippen molar-refractivity contribution in [2.75, 3.05) is 5.32 Å². The molecule has 0 unspecified atom stereocenters. The molecule has 6 heteroatoms. The van der Waals surface area contributed by atoms with Gasteiger partial charge in [0.05, 0.1) is 10.6 Å². The number of rotatable bonds is 5. The van der Waals surface area contributed by atoms with Crippen molar-refractivity contribution < 1.29 is 4.42 Å². The summed E-state index contributed by atoms with van der Waals surface area (Å²) in [7, 11) is 0. The number of nitrogens with one attached hydrogen (secondary N) is 1. The van der Waals surface area contributed by atoms with Gasteiger partial charge in [-0.1, -0.05) is 29.4 Å². The first-order chi connectivity index (χ1) is 12.3. The Labute approximate surface area is 149 Å². The third-order valence-electron chi connectivity index (χ3n) is 3.71. The van der Waals surface area contributed by atoms with E-state index < -0.39 is 0 Å². The normalized spacial score (nSPS) is 10.8. The molecule has 0 amide bonds. The molecule has 0 bridgehead atoms. The van der Waals surface area contributed by atoms with E-state index in [0.717, 1.165) is 21.7 Å². The maximum absolute atomic E-state index is 5.68. The Morgan fingerprint density at radius 3 is 2.80 bits per heavy atom. The molecule has 0 aliphatic rings. The van der Waals surface area contributed by atoms with Gasteiger partial charge in [0.25, 0.3) is 5.89 Å². The van der Waals surface area contributed by atoms with Crippen molar-refractivity contribution in [1.82, 2.24) is 15.2 Å². The highest BCUT2D eigenvalue weighted by atomic mass is 32.1. The van der Waals surface area contributed by atoms with E-state index in [1.807, 2.05) is 36.4 Å². The Hall–Kier alpha value is -2.99. The molecular weight excluding hydrogens is 332 g/mol. The lowest BCUT2D eigenvalue weighted by molar-refractivity contribution is 0.582. The molecule has 0 fully saturated rings. The number of aryl methyl sites for hydroxylation is 1. The van der Waals surface area contributed by atoms with Crippen molar-refractivity contribution in [2.45, 2.75) is 13.5 Å². The zero-order valence-corrected chi connectivity index (χ0v) is 14.5. The Kier molecular flexibility index (Phi) is 4.26. The van der Waals surface area contributed by atoms with E-state index in [1.165, 1.54) is 4.88 Å². The molecule has 1 N–H and O–H groups in total. The van der Waals surface area contributed by atoms with Crippen LogP contribution in [0.2, 0.25) is 0 Å². The second-order valence-corrected chi connectivity index (χ2v) is 6.88. The number of pyridine rings is 1. The molecule has 0 aliphatic carbocycles. The van der Waals surface area contributed by atoms with Crippen LogP contribution in [0, 0.1) is 6.92 Å². The summed E-state index contributed by atoms with van der Waals surface area (Å²) in [6, 6.07) is 18.6. The third kappa shape index (κ3) is 3.59. The summed E-state index contributed by atoms with van der Waals surface area (Å²) in [5, 5.41) is 11.3. The quantitative estimate of drug-likeness (QED) is 0.562. The lowest BCUT2D eigenvalue weighted by Gasteiger charge is -2.05. The number of anilines is 1. The van der Waals surface area contributed by atoms with Crippen LogP contribution in [0.1, 0.15) is 10.4 Å². The third-order valence-corrected chi connectivity index (χ3v) is 4.70. The molecule has 0 radical (unpaired) electrons. The van der Waals surface area contributed by atoms with Gasteiger partial charge in [0, 0.05) is 23.2 Å². The monoisotopic (exact) mass is 348 g/mol. The molecule has 5 nitrogen and oxygen atoms in total. The van der Waals surface area contributed by atoms with Crippen molar-refractivity contribution in [3.63, 3.8) is 0 Å². The molecule has 0 aliphatic heterocycles. The molecule has 0 spiro atoms. The minimum atomic E-state index is 0.421. The van der Waals surface area contributed by atoms with Crippen LogP contribution in [0.25, 0.3) is 22.0 Å². The van der Waals surface area contributed by atoms with Crippen molar-refractivity contribution in [3.8, 4) is 22.0 Å². The summed E-state index contributed by atoms with van der Waals surface area (Å²) in [5.41, 5.74) is 3.16. The van der Waals surface area contributed by atoms with Crippen LogP contribution >= 0.6 is 11.3 Å². The maximum atomic E-state index is 5.68. The van der Waals surface area contributed by atoms with Gasteiger partial charge in [0.1, 0.15) is 0 Å². The molecule has 0 saturated heterocycles.